The Kier molecular flexibility index (Phi) is 5.33. The first-order chi connectivity index (χ1) is 12.1. The third kappa shape index (κ3) is 4.38. The number of ether oxygens (including phenoxy) is 1. The number of nitrogens with zero attached hydrogens (tertiary/aromatic N) is 2. The van der Waals surface area contributed by atoms with Crippen LogP contribution in [0, 0.1) is 6.92 Å². The van der Waals surface area contributed by atoms with Crippen LogP contribution < -0.4 is 0 Å². The normalized spacial score (nSPS) is 14.3. The smallest absolute Gasteiger partial charge is 0.410 e. The number of carbonyl (C=O) groups excluding carboxylic acids is 2. The number of rotatable bonds is 3. The van der Waals surface area contributed by atoms with Crippen molar-refractivity contribution >= 4 is 12.0 Å². The number of hydrogen-bond donors (Lipinski definition) is 0. The van der Waals surface area contributed by atoms with Crippen molar-refractivity contribution in [3.8, 4) is 0 Å². The van der Waals surface area contributed by atoms with Crippen LogP contribution in [0.5, 0.6) is 0 Å². The molecule has 0 spiro atoms. The van der Waals surface area contributed by atoms with Crippen molar-refractivity contribution in [3.05, 3.63) is 71.3 Å². The van der Waals surface area contributed by atoms with Gasteiger partial charge < -0.3 is 14.5 Å². The molecule has 0 unspecified atom stereocenters. The third-order valence-electron chi connectivity index (χ3n) is 4.30. The lowest BCUT2D eigenvalue weighted by atomic mass is 10.1. The Morgan fingerprint density at radius 2 is 1.60 bits per heavy atom. The number of amides is 2. The third-order valence-corrected chi connectivity index (χ3v) is 4.30. The number of piperazine rings is 1. The zero-order valence-electron chi connectivity index (χ0n) is 14.4. The molecular weight excluding hydrogens is 316 g/mol. The van der Waals surface area contributed by atoms with E-state index in [0.29, 0.717) is 31.7 Å². The summed E-state index contributed by atoms with van der Waals surface area (Å²) < 4.78 is 5.35. The summed E-state index contributed by atoms with van der Waals surface area (Å²) in [5.74, 6) is 0.0148. The first-order valence-corrected chi connectivity index (χ1v) is 8.45. The fourth-order valence-corrected chi connectivity index (χ4v) is 2.86. The van der Waals surface area contributed by atoms with E-state index in [1.54, 1.807) is 9.80 Å². The van der Waals surface area contributed by atoms with E-state index in [9.17, 15) is 9.59 Å². The van der Waals surface area contributed by atoms with Gasteiger partial charge in [-0.05, 0) is 24.6 Å². The van der Waals surface area contributed by atoms with E-state index < -0.39 is 0 Å². The largest absolute Gasteiger partial charge is 0.445 e. The second kappa shape index (κ2) is 7.83. The van der Waals surface area contributed by atoms with Crippen LogP contribution >= 0.6 is 0 Å². The number of hydrogen-bond acceptors (Lipinski definition) is 3. The Balaban J connectivity index is 1.49. The first-order valence-electron chi connectivity index (χ1n) is 8.45. The van der Waals surface area contributed by atoms with Gasteiger partial charge in [0, 0.05) is 31.7 Å². The highest BCUT2D eigenvalue weighted by molar-refractivity contribution is 5.94. The Hall–Kier alpha value is -2.82. The number of carbonyl (C=O) groups is 2. The van der Waals surface area contributed by atoms with E-state index in [1.165, 1.54) is 0 Å². The first kappa shape index (κ1) is 17.0. The molecule has 0 N–H and O–H groups in total. The molecule has 130 valence electrons. The van der Waals surface area contributed by atoms with Gasteiger partial charge in [-0.15, -0.1) is 0 Å². The van der Waals surface area contributed by atoms with Crippen molar-refractivity contribution in [1.82, 2.24) is 9.80 Å². The van der Waals surface area contributed by atoms with Gasteiger partial charge in [0.15, 0.2) is 0 Å². The molecule has 1 heterocycles. The number of benzene rings is 2. The van der Waals surface area contributed by atoms with Crippen molar-refractivity contribution in [2.45, 2.75) is 13.5 Å². The summed E-state index contributed by atoms with van der Waals surface area (Å²) in [5.41, 5.74) is 2.72. The zero-order valence-corrected chi connectivity index (χ0v) is 14.4. The second-order valence-corrected chi connectivity index (χ2v) is 6.19. The number of aryl methyl sites for hydroxylation is 1. The second-order valence-electron chi connectivity index (χ2n) is 6.19. The molecule has 3 rings (SSSR count). The summed E-state index contributed by atoms with van der Waals surface area (Å²) in [6.07, 6.45) is -0.327. The summed E-state index contributed by atoms with van der Waals surface area (Å²) in [4.78, 5) is 28.1. The van der Waals surface area contributed by atoms with Crippen LogP contribution in [-0.2, 0) is 11.3 Å². The Bertz CT molecular complexity index is 738. The van der Waals surface area contributed by atoms with Gasteiger partial charge in [0.2, 0.25) is 0 Å². The summed E-state index contributed by atoms with van der Waals surface area (Å²) >= 11 is 0. The minimum Gasteiger partial charge on any atom is -0.445 e. The van der Waals surface area contributed by atoms with Crippen LogP contribution in [0.1, 0.15) is 21.5 Å². The molecule has 0 radical (unpaired) electrons. The minimum absolute atomic E-state index is 0.0148. The quantitative estimate of drug-likeness (QED) is 0.864. The van der Waals surface area contributed by atoms with Crippen LogP contribution in [0.3, 0.4) is 0 Å². The highest BCUT2D eigenvalue weighted by atomic mass is 16.6. The maximum atomic E-state index is 12.5. The van der Waals surface area contributed by atoms with Gasteiger partial charge in [-0.25, -0.2) is 4.79 Å². The predicted octanol–water partition coefficient (Wildman–Crippen LogP) is 3.09. The fraction of sp³-hybridized carbons (Fsp3) is 0.300. The predicted molar refractivity (Wildman–Crippen MR) is 95.3 cm³/mol. The van der Waals surface area contributed by atoms with Crippen molar-refractivity contribution in [1.29, 1.82) is 0 Å². The molecule has 2 amide bonds. The van der Waals surface area contributed by atoms with E-state index in [0.717, 1.165) is 11.1 Å². The maximum Gasteiger partial charge on any atom is 0.410 e. The Labute approximate surface area is 147 Å². The highest BCUT2D eigenvalue weighted by Crippen LogP contribution is 2.12. The minimum atomic E-state index is -0.327. The van der Waals surface area contributed by atoms with Crippen molar-refractivity contribution in [3.63, 3.8) is 0 Å². The van der Waals surface area contributed by atoms with Gasteiger partial charge in [-0.2, -0.15) is 0 Å². The lowest BCUT2D eigenvalue weighted by molar-refractivity contribution is 0.0544. The standard InChI is InChI=1S/C20H22N2O3/c1-16-6-5-9-18(14-16)19(23)21-10-12-22(13-11-21)20(24)25-15-17-7-3-2-4-8-17/h2-9,14H,10-13,15H2,1H3. The molecule has 1 aliphatic heterocycles. The average Bonchev–Trinajstić information content (AvgIpc) is 2.66. The van der Waals surface area contributed by atoms with Gasteiger partial charge in [0.1, 0.15) is 6.61 Å². The maximum absolute atomic E-state index is 12.5. The van der Waals surface area contributed by atoms with Crippen LogP contribution in [0.15, 0.2) is 54.6 Å². The van der Waals surface area contributed by atoms with Gasteiger partial charge >= 0.3 is 6.09 Å². The average molecular weight is 338 g/mol. The Morgan fingerprint density at radius 3 is 2.28 bits per heavy atom. The molecule has 5 heteroatoms. The van der Waals surface area contributed by atoms with Crippen LogP contribution in [0.4, 0.5) is 4.79 Å². The molecule has 1 aliphatic rings. The van der Waals surface area contributed by atoms with Crippen LogP contribution in [-0.4, -0.2) is 48.0 Å². The van der Waals surface area contributed by atoms with Crippen LogP contribution in [0.25, 0.3) is 0 Å². The highest BCUT2D eigenvalue weighted by Gasteiger charge is 2.25. The molecule has 2 aromatic carbocycles. The van der Waals surface area contributed by atoms with E-state index >= 15 is 0 Å². The summed E-state index contributed by atoms with van der Waals surface area (Å²) in [7, 11) is 0. The topological polar surface area (TPSA) is 49.9 Å². The van der Waals surface area contributed by atoms with E-state index in [4.69, 9.17) is 4.74 Å². The molecule has 0 bridgehead atoms. The van der Waals surface area contributed by atoms with Crippen molar-refractivity contribution in [2.75, 3.05) is 26.2 Å². The van der Waals surface area contributed by atoms with Gasteiger partial charge in [-0.1, -0.05) is 48.0 Å². The van der Waals surface area contributed by atoms with Crippen LogP contribution in [0.2, 0.25) is 0 Å². The molecule has 0 saturated carbocycles. The molecule has 1 fully saturated rings. The lowest BCUT2D eigenvalue weighted by Gasteiger charge is -2.34. The van der Waals surface area contributed by atoms with Gasteiger partial charge in [-0.3, -0.25) is 4.79 Å². The summed E-state index contributed by atoms with van der Waals surface area (Å²) in [5, 5.41) is 0. The van der Waals surface area contributed by atoms with Crippen molar-refractivity contribution in [2.24, 2.45) is 0 Å². The summed E-state index contributed by atoms with van der Waals surface area (Å²) in [6, 6.07) is 17.2. The lowest BCUT2D eigenvalue weighted by Crippen LogP contribution is -2.50. The van der Waals surface area contributed by atoms with E-state index in [1.807, 2.05) is 61.5 Å². The molecule has 1 saturated heterocycles. The Morgan fingerprint density at radius 1 is 0.920 bits per heavy atom. The van der Waals surface area contributed by atoms with E-state index in [-0.39, 0.29) is 18.6 Å². The molecule has 25 heavy (non-hydrogen) atoms. The summed E-state index contributed by atoms with van der Waals surface area (Å²) in [6.45, 7) is 4.26. The fourth-order valence-electron chi connectivity index (χ4n) is 2.86. The zero-order chi connectivity index (χ0) is 17.6. The molecule has 5 nitrogen and oxygen atoms in total. The van der Waals surface area contributed by atoms with Gasteiger partial charge in [0.25, 0.3) is 5.91 Å². The monoisotopic (exact) mass is 338 g/mol. The molecule has 2 aromatic rings. The molecular formula is C20H22N2O3. The molecule has 0 aliphatic carbocycles. The van der Waals surface area contributed by atoms with Crippen molar-refractivity contribution < 1.29 is 14.3 Å². The SMILES string of the molecule is Cc1cccc(C(=O)N2CCN(C(=O)OCc3ccccc3)CC2)c1. The molecule has 0 atom stereocenters. The van der Waals surface area contributed by atoms with E-state index in [2.05, 4.69) is 0 Å². The molecule has 0 aromatic heterocycles. The van der Waals surface area contributed by atoms with Gasteiger partial charge in [0.05, 0.1) is 0 Å².